The monoisotopic (exact) mass is 593 g/mol. The fourth-order valence-electron chi connectivity index (χ4n) is 7.99. The summed E-state index contributed by atoms with van der Waals surface area (Å²) in [6.45, 7) is 5.50. The summed E-state index contributed by atoms with van der Waals surface area (Å²) < 4.78 is 18.6. The van der Waals surface area contributed by atoms with Gasteiger partial charge in [-0.15, -0.1) is 0 Å². The predicted molar refractivity (Wildman–Crippen MR) is 152 cm³/mol. The van der Waals surface area contributed by atoms with Gasteiger partial charge in [0.05, 0.1) is 29.9 Å². The lowest BCUT2D eigenvalue weighted by Crippen LogP contribution is -2.59. The van der Waals surface area contributed by atoms with Crippen molar-refractivity contribution in [1.29, 1.82) is 0 Å². The van der Waals surface area contributed by atoms with E-state index in [1.165, 1.54) is 18.7 Å². The lowest BCUT2D eigenvalue weighted by molar-refractivity contribution is -0.151. The quantitative estimate of drug-likeness (QED) is 0.241. The van der Waals surface area contributed by atoms with Crippen LogP contribution in [0.5, 0.6) is 0 Å². The highest BCUT2D eigenvalue weighted by molar-refractivity contribution is 6.28. The molecule has 5 fully saturated rings. The van der Waals surface area contributed by atoms with Crippen LogP contribution in [-0.2, 0) is 19.0 Å². The Morgan fingerprint density at radius 3 is 2.62 bits per heavy atom. The summed E-state index contributed by atoms with van der Waals surface area (Å²) in [4.78, 5) is 33.7. The molecule has 12 heteroatoms. The number of nitrogens with one attached hydrogen (secondary N) is 1. The standard InChI is InChI=1S/C30H32ClN5O6/c1-14-23(19-6-4-5-7-20(19)28(38)40-3)42-27(24(14)41-15(2)37)36-26-21(13-32-36)25(34-29(31)35-26)33-22-17-8-16-9-18(22)12-30(39,10-16)11-17/h4-7,13,16-18,22-24,27,39H,1,8-12H2,2-3H3,(H,33,34,35)/t16?,17-,18?,22?,23+,24+,27+,30?/m0/s1. The number of ether oxygens (including phenoxy) is 3. The van der Waals surface area contributed by atoms with Crippen LogP contribution in [0.2, 0.25) is 5.28 Å². The van der Waals surface area contributed by atoms with E-state index >= 15 is 0 Å². The van der Waals surface area contributed by atoms with Crippen molar-refractivity contribution in [1.82, 2.24) is 19.7 Å². The van der Waals surface area contributed by atoms with Gasteiger partial charge in [-0.1, -0.05) is 24.8 Å². The maximum atomic E-state index is 12.5. The number of benzene rings is 1. The second-order valence-corrected chi connectivity index (χ2v) is 12.5. The minimum Gasteiger partial charge on any atom is -0.465 e. The number of nitrogens with zero attached hydrogens (tertiary/aromatic N) is 4. The van der Waals surface area contributed by atoms with Crippen LogP contribution in [0.25, 0.3) is 11.0 Å². The summed E-state index contributed by atoms with van der Waals surface area (Å²) in [5, 5.41) is 19.9. The number of anilines is 1. The normalized spacial score (nSPS) is 33.2. The summed E-state index contributed by atoms with van der Waals surface area (Å²) in [5.41, 5.74) is 1.15. The highest BCUT2D eigenvalue weighted by Gasteiger charge is 2.55. The van der Waals surface area contributed by atoms with Crippen molar-refractivity contribution in [2.75, 3.05) is 12.4 Å². The van der Waals surface area contributed by atoms with Crippen LogP contribution in [0.1, 0.15) is 67.3 Å². The number of hydrogen-bond donors (Lipinski definition) is 2. The summed E-state index contributed by atoms with van der Waals surface area (Å²) in [7, 11) is 1.31. The van der Waals surface area contributed by atoms with Crippen LogP contribution in [0.4, 0.5) is 5.82 Å². The second kappa shape index (κ2) is 10.0. The SMILES string of the molecule is C=C1[C@H](c2ccccc2C(=O)OC)O[C@@H](n2ncc3c(NC4C5CC6C[C@H]4CC(O)(C6)C5)nc(Cl)nc32)[C@@H]1OC(C)=O. The first-order valence-electron chi connectivity index (χ1n) is 14.2. The highest BCUT2D eigenvalue weighted by Crippen LogP contribution is 2.56. The average molecular weight is 594 g/mol. The molecule has 0 amide bonds. The molecule has 2 aromatic heterocycles. The van der Waals surface area contributed by atoms with Crippen LogP contribution in [-0.4, -0.2) is 61.7 Å². The number of aromatic nitrogens is 4. The van der Waals surface area contributed by atoms with Crippen LogP contribution >= 0.6 is 11.6 Å². The molecule has 4 saturated carbocycles. The van der Waals surface area contributed by atoms with E-state index in [0.29, 0.717) is 51.3 Å². The van der Waals surface area contributed by atoms with E-state index in [1.54, 1.807) is 30.5 Å². The Bertz CT molecular complexity index is 1590. The lowest BCUT2D eigenvalue weighted by Gasteiger charge is -2.58. The van der Waals surface area contributed by atoms with Gasteiger partial charge >= 0.3 is 11.9 Å². The van der Waals surface area contributed by atoms with Gasteiger partial charge in [0.2, 0.25) is 5.28 Å². The molecule has 1 aliphatic heterocycles. The molecule has 0 radical (unpaired) electrons. The van der Waals surface area contributed by atoms with Gasteiger partial charge in [-0.05, 0) is 73.1 Å². The largest absolute Gasteiger partial charge is 0.465 e. The van der Waals surface area contributed by atoms with E-state index in [4.69, 9.17) is 25.8 Å². The number of esters is 2. The zero-order valence-electron chi connectivity index (χ0n) is 23.3. The van der Waals surface area contributed by atoms with Gasteiger partial charge in [0.15, 0.2) is 18.0 Å². The molecule has 4 aliphatic carbocycles. The van der Waals surface area contributed by atoms with E-state index < -0.39 is 36.0 Å². The molecule has 1 aromatic carbocycles. The van der Waals surface area contributed by atoms with Crippen molar-refractivity contribution in [2.24, 2.45) is 17.8 Å². The number of hydrogen-bond acceptors (Lipinski definition) is 10. The third-order valence-electron chi connectivity index (χ3n) is 9.39. The first-order chi connectivity index (χ1) is 20.1. The molecule has 0 spiro atoms. The molecule has 2 N–H and O–H groups in total. The molecule has 220 valence electrons. The molecule has 3 aromatic rings. The Balaban J connectivity index is 1.24. The Hall–Kier alpha value is -3.54. The molecular weight excluding hydrogens is 562 g/mol. The van der Waals surface area contributed by atoms with Crippen LogP contribution in [0, 0.1) is 17.8 Å². The molecule has 5 aliphatic rings. The van der Waals surface area contributed by atoms with Gasteiger partial charge in [-0.25, -0.2) is 9.48 Å². The maximum absolute atomic E-state index is 12.5. The van der Waals surface area contributed by atoms with Crippen molar-refractivity contribution >= 4 is 40.4 Å². The van der Waals surface area contributed by atoms with Crippen molar-refractivity contribution in [3.05, 3.63) is 59.0 Å². The molecule has 8 atom stereocenters. The van der Waals surface area contributed by atoms with Crippen molar-refractivity contribution in [2.45, 2.75) is 69.1 Å². The van der Waals surface area contributed by atoms with Gasteiger partial charge in [0.25, 0.3) is 0 Å². The summed E-state index contributed by atoms with van der Waals surface area (Å²) in [5.74, 6) is 0.800. The molecule has 4 unspecified atom stereocenters. The smallest absolute Gasteiger partial charge is 0.338 e. The Morgan fingerprint density at radius 2 is 1.93 bits per heavy atom. The zero-order valence-corrected chi connectivity index (χ0v) is 24.1. The van der Waals surface area contributed by atoms with Gasteiger partial charge in [0, 0.05) is 18.5 Å². The van der Waals surface area contributed by atoms with Gasteiger partial charge < -0.3 is 24.6 Å². The molecular formula is C30H32ClN5O6. The van der Waals surface area contributed by atoms with Crippen LogP contribution in [0.15, 0.2) is 42.6 Å². The molecule has 4 bridgehead atoms. The third-order valence-corrected chi connectivity index (χ3v) is 9.56. The average Bonchev–Trinajstić information content (AvgIpc) is 3.49. The van der Waals surface area contributed by atoms with Crippen LogP contribution in [0.3, 0.4) is 0 Å². The second-order valence-electron chi connectivity index (χ2n) is 12.1. The fraction of sp³-hybridized carbons (Fsp3) is 0.500. The van der Waals surface area contributed by atoms with Crippen molar-refractivity contribution in [3.8, 4) is 0 Å². The first kappa shape index (κ1) is 27.3. The molecule has 11 nitrogen and oxygen atoms in total. The Morgan fingerprint density at radius 1 is 1.19 bits per heavy atom. The van der Waals surface area contributed by atoms with E-state index in [2.05, 4.69) is 27.0 Å². The number of rotatable bonds is 6. The predicted octanol–water partition coefficient (Wildman–Crippen LogP) is 4.38. The van der Waals surface area contributed by atoms with Crippen molar-refractivity contribution in [3.63, 3.8) is 0 Å². The topological polar surface area (TPSA) is 138 Å². The molecule has 3 heterocycles. The summed E-state index contributed by atoms with van der Waals surface area (Å²) in [6.07, 6.45) is 3.66. The molecule has 8 rings (SSSR count). The van der Waals surface area contributed by atoms with E-state index in [0.717, 1.165) is 32.1 Å². The van der Waals surface area contributed by atoms with E-state index in [1.807, 2.05) is 0 Å². The van der Waals surface area contributed by atoms with Gasteiger partial charge in [0.1, 0.15) is 11.9 Å². The number of fused-ring (bicyclic) bond motifs is 1. The third kappa shape index (κ3) is 4.45. The number of methoxy groups -OCH3 is 1. The maximum Gasteiger partial charge on any atom is 0.338 e. The molecule has 42 heavy (non-hydrogen) atoms. The molecule has 1 saturated heterocycles. The minimum absolute atomic E-state index is 0.0302. The van der Waals surface area contributed by atoms with Gasteiger partial charge in [-0.2, -0.15) is 15.1 Å². The van der Waals surface area contributed by atoms with E-state index in [-0.39, 0.29) is 11.3 Å². The minimum atomic E-state index is -0.941. The first-order valence-corrected chi connectivity index (χ1v) is 14.6. The number of halogens is 1. The Kier molecular flexibility index (Phi) is 6.52. The lowest BCUT2D eigenvalue weighted by atomic mass is 9.52. The Labute approximate surface area is 247 Å². The summed E-state index contributed by atoms with van der Waals surface area (Å²) >= 11 is 6.46. The number of carbonyl (C=O) groups is 2. The number of carbonyl (C=O) groups excluding carboxylic acids is 2. The zero-order chi connectivity index (χ0) is 29.3. The number of aliphatic hydroxyl groups is 1. The summed E-state index contributed by atoms with van der Waals surface area (Å²) in [6, 6.07) is 7.06. The van der Waals surface area contributed by atoms with Crippen LogP contribution < -0.4 is 5.32 Å². The fourth-order valence-corrected chi connectivity index (χ4v) is 8.16. The van der Waals surface area contributed by atoms with Gasteiger partial charge in [-0.3, -0.25) is 4.79 Å². The van der Waals surface area contributed by atoms with E-state index in [9.17, 15) is 14.7 Å². The van der Waals surface area contributed by atoms with Crippen molar-refractivity contribution < 1.29 is 28.9 Å². The highest BCUT2D eigenvalue weighted by atomic mass is 35.5.